The Morgan fingerprint density at radius 2 is 1.85 bits per heavy atom. The van der Waals surface area contributed by atoms with E-state index in [9.17, 15) is 13.6 Å². The van der Waals surface area contributed by atoms with Gasteiger partial charge in [-0.25, -0.2) is 8.78 Å². The van der Waals surface area contributed by atoms with Crippen LogP contribution in [0.25, 0.3) is 11.3 Å². The van der Waals surface area contributed by atoms with Gasteiger partial charge < -0.3 is 11.1 Å². The standard InChI is InChI=1S/C25H24Cl2F2N4O/c26-18-3-1-4-19(27)23(18)24(25(30)34)22-12-15(14-33-9-2-7-31-8-10-33)11-21(32-22)17-6-5-16(28)13-20(17)29/h1,3-6,11-13,24,31H,2,7-10,14H2,(H2,30,34). The number of hydrogen-bond acceptors (Lipinski definition) is 4. The number of aromatic nitrogens is 1. The highest BCUT2D eigenvalue weighted by Gasteiger charge is 2.28. The fourth-order valence-corrected chi connectivity index (χ4v) is 4.84. The van der Waals surface area contributed by atoms with Crippen LogP contribution in [0.2, 0.25) is 10.0 Å². The average Bonchev–Trinajstić information content (AvgIpc) is 3.04. The first-order valence-electron chi connectivity index (χ1n) is 11.0. The molecule has 1 aliphatic rings. The molecule has 0 saturated carbocycles. The van der Waals surface area contributed by atoms with Crippen LogP contribution in [0, 0.1) is 11.6 Å². The summed E-state index contributed by atoms with van der Waals surface area (Å²) >= 11 is 12.8. The van der Waals surface area contributed by atoms with Gasteiger partial charge in [-0.3, -0.25) is 14.7 Å². The van der Waals surface area contributed by atoms with Crippen LogP contribution in [0.3, 0.4) is 0 Å². The Hall–Kier alpha value is -2.58. The number of hydrogen-bond donors (Lipinski definition) is 2. The molecular formula is C25H24Cl2F2N4O. The Morgan fingerprint density at radius 3 is 2.56 bits per heavy atom. The molecule has 1 amide bonds. The summed E-state index contributed by atoms with van der Waals surface area (Å²) in [4.78, 5) is 19.5. The molecule has 34 heavy (non-hydrogen) atoms. The number of amides is 1. The van der Waals surface area contributed by atoms with Crippen LogP contribution in [0.15, 0.2) is 48.5 Å². The number of carbonyl (C=O) groups excluding carboxylic acids is 1. The normalized spacial score (nSPS) is 15.6. The van der Waals surface area contributed by atoms with Crippen molar-refractivity contribution in [3.63, 3.8) is 0 Å². The van der Waals surface area contributed by atoms with Gasteiger partial charge in [0.2, 0.25) is 5.91 Å². The van der Waals surface area contributed by atoms with E-state index in [-0.39, 0.29) is 21.3 Å². The zero-order valence-corrected chi connectivity index (χ0v) is 19.8. The van der Waals surface area contributed by atoms with E-state index < -0.39 is 23.5 Å². The molecule has 1 unspecified atom stereocenters. The maximum Gasteiger partial charge on any atom is 0.231 e. The fraction of sp³-hybridized carbons (Fsp3) is 0.280. The van der Waals surface area contributed by atoms with E-state index in [0.717, 1.165) is 44.2 Å². The minimum Gasteiger partial charge on any atom is -0.369 e. The number of nitrogens with two attached hydrogens (primary N) is 1. The number of carbonyl (C=O) groups is 1. The van der Waals surface area contributed by atoms with Gasteiger partial charge >= 0.3 is 0 Å². The summed E-state index contributed by atoms with van der Waals surface area (Å²) in [6.07, 6.45) is 0.997. The zero-order valence-electron chi connectivity index (χ0n) is 18.3. The van der Waals surface area contributed by atoms with E-state index in [1.807, 2.05) is 0 Å². The number of halogens is 4. The van der Waals surface area contributed by atoms with Gasteiger partial charge in [-0.1, -0.05) is 29.3 Å². The first-order valence-corrected chi connectivity index (χ1v) is 11.7. The van der Waals surface area contributed by atoms with Gasteiger partial charge in [0, 0.05) is 46.9 Å². The Labute approximate surface area is 206 Å². The van der Waals surface area contributed by atoms with Crippen molar-refractivity contribution in [2.75, 3.05) is 26.2 Å². The quantitative estimate of drug-likeness (QED) is 0.508. The lowest BCUT2D eigenvalue weighted by molar-refractivity contribution is -0.118. The lowest BCUT2D eigenvalue weighted by Crippen LogP contribution is -2.28. The molecule has 1 saturated heterocycles. The molecule has 0 spiro atoms. The van der Waals surface area contributed by atoms with E-state index in [4.69, 9.17) is 28.9 Å². The molecular weight excluding hydrogens is 481 g/mol. The maximum absolute atomic E-state index is 14.7. The van der Waals surface area contributed by atoms with Gasteiger partial charge in [-0.2, -0.15) is 0 Å². The molecule has 1 atom stereocenters. The molecule has 9 heteroatoms. The Kier molecular flexibility index (Phi) is 7.78. The Morgan fingerprint density at radius 1 is 1.09 bits per heavy atom. The third-order valence-corrected chi connectivity index (χ3v) is 6.48. The van der Waals surface area contributed by atoms with Crippen LogP contribution >= 0.6 is 23.2 Å². The lowest BCUT2D eigenvalue weighted by Gasteiger charge is -2.22. The molecule has 0 radical (unpaired) electrons. The van der Waals surface area contributed by atoms with Crippen LogP contribution in [-0.2, 0) is 11.3 Å². The molecule has 2 aromatic carbocycles. The van der Waals surface area contributed by atoms with E-state index in [2.05, 4.69) is 15.2 Å². The summed E-state index contributed by atoms with van der Waals surface area (Å²) in [6, 6.07) is 11.7. The second-order valence-corrected chi connectivity index (χ2v) is 9.07. The topological polar surface area (TPSA) is 71.2 Å². The maximum atomic E-state index is 14.7. The second kappa shape index (κ2) is 10.8. The molecule has 178 valence electrons. The number of primary amides is 1. The summed E-state index contributed by atoms with van der Waals surface area (Å²) in [5, 5.41) is 3.91. The number of pyridine rings is 1. The summed E-state index contributed by atoms with van der Waals surface area (Å²) in [6.45, 7) is 4.10. The predicted octanol–water partition coefficient (Wildman–Crippen LogP) is 4.75. The average molecular weight is 505 g/mol. The zero-order chi connectivity index (χ0) is 24.2. The van der Waals surface area contributed by atoms with Gasteiger partial charge in [0.25, 0.3) is 0 Å². The molecule has 3 aromatic rings. The van der Waals surface area contributed by atoms with Gasteiger partial charge in [0.05, 0.1) is 11.4 Å². The van der Waals surface area contributed by atoms with Crippen molar-refractivity contribution in [3.05, 3.63) is 87.0 Å². The molecule has 5 nitrogen and oxygen atoms in total. The van der Waals surface area contributed by atoms with Crippen molar-refractivity contribution in [1.29, 1.82) is 0 Å². The fourth-order valence-electron chi connectivity index (χ4n) is 4.23. The van der Waals surface area contributed by atoms with Crippen molar-refractivity contribution in [2.45, 2.75) is 18.9 Å². The summed E-state index contributed by atoms with van der Waals surface area (Å²) in [5.74, 6) is -3.17. The third-order valence-electron chi connectivity index (χ3n) is 5.82. The number of benzene rings is 2. The molecule has 0 bridgehead atoms. The molecule has 4 rings (SSSR count). The highest BCUT2D eigenvalue weighted by Crippen LogP contribution is 2.36. The molecule has 0 aliphatic carbocycles. The van der Waals surface area contributed by atoms with Crippen molar-refractivity contribution >= 4 is 29.1 Å². The third kappa shape index (κ3) is 5.55. The van der Waals surface area contributed by atoms with Crippen LogP contribution in [0.1, 0.15) is 29.2 Å². The lowest BCUT2D eigenvalue weighted by atomic mass is 9.92. The van der Waals surface area contributed by atoms with Crippen molar-refractivity contribution in [2.24, 2.45) is 5.73 Å². The van der Waals surface area contributed by atoms with E-state index in [1.165, 1.54) is 12.1 Å². The van der Waals surface area contributed by atoms with E-state index in [1.54, 1.807) is 30.3 Å². The predicted molar refractivity (Wildman–Crippen MR) is 130 cm³/mol. The number of nitrogens with zero attached hydrogens (tertiary/aromatic N) is 2. The second-order valence-electron chi connectivity index (χ2n) is 8.26. The largest absolute Gasteiger partial charge is 0.369 e. The summed E-state index contributed by atoms with van der Waals surface area (Å²) in [5.41, 5.74) is 7.64. The van der Waals surface area contributed by atoms with Crippen molar-refractivity contribution in [1.82, 2.24) is 15.2 Å². The Bertz CT molecular complexity index is 1180. The van der Waals surface area contributed by atoms with Crippen LogP contribution in [-0.4, -0.2) is 42.0 Å². The minimum absolute atomic E-state index is 0.121. The van der Waals surface area contributed by atoms with Crippen LogP contribution in [0.4, 0.5) is 8.78 Å². The number of rotatable bonds is 6. The van der Waals surface area contributed by atoms with E-state index in [0.29, 0.717) is 17.8 Å². The molecule has 2 heterocycles. The number of nitrogens with one attached hydrogen (secondary N) is 1. The first kappa shape index (κ1) is 24.5. The van der Waals surface area contributed by atoms with Gasteiger partial charge in [0.15, 0.2) is 0 Å². The summed E-state index contributed by atoms with van der Waals surface area (Å²) in [7, 11) is 0. The first-order chi connectivity index (χ1) is 16.3. The highest BCUT2D eigenvalue weighted by atomic mass is 35.5. The van der Waals surface area contributed by atoms with Gasteiger partial charge in [-0.05, 0) is 61.5 Å². The van der Waals surface area contributed by atoms with Crippen molar-refractivity contribution in [3.8, 4) is 11.3 Å². The monoisotopic (exact) mass is 504 g/mol. The van der Waals surface area contributed by atoms with Gasteiger partial charge in [0.1, 0.15) is 17.6 Å². The minimum atomic E-state index is -1.05. The summed E-state index contributed by atoms with van der Waals surface area (Å²) < 4.78 is 28.2. The highest BCUT2D eigenvalue weighted by molar-refractivity contribution is 6.36. The molecule has 1 aliphatic heterocycles. The molecule has 1 fully saturated rings. The van der Waals surface area contributed by atoms with E-state index >= 15 is 0 Å². The van der Waals surface area contributed by atoms with Crippen LogP contribution in [0.5, 0.6) is 0 Å². The van der Waals surface area contributed by atoms with Crippen LogP contribution < -0.4 is 11.1 Å². The van der Waals surface area contributed by atoms with Crippen molar-refractivity contribution < 1.29 is 13.6 Å². The molecule has 1 aromatic heterocycles. The Balaban J connectivity index is 1.85. The molecule has 3 N–H and O–H groups in total. The van der Waals surface area contributed by atoms with Gasteiger partial charge in [-0.15, -0.1) is 0 Å². The smallest absolute Gasteiger partial charge is 0.231 e. The SMILES string of the molecule is NC(=O)C(c1cc(CN2CCCNCC2)cc(-c2ccc(F)cc2F)n1)c1c(Cl)cccc1Cl.